The Kier molecular flexibility index (Phi) is 3.86. The maximum atomic E-state index is 10.4. The molecule has 16 heavy (non-hydrogen) atoms. The number of pyridine rings is 1. The molecule has 0 saturated heterocycles. The van der Waals surface area contributed by atoms with Gasteiger partial charge in [-0.25, -0.2) is 9.78 Å². The van der Waals surface area contributed by atoms with Gasteiger partial charge >= 0.3 is 5.97 Å². The molecule has 82 valence electrons. The van der Waals surface area contributed by atoms with Gasteiger partial charge in [0, 0.05) is 12.4 Å². The summed E-state index contributed by atoms with van der Waals surface area (Å²) in [7, 11) is 0. The smallest absolute Gasteiger partial charge is 0.332 e. The molecule has 0 spiro atoms. The summed E-state index contributed by atoms with van der Waals surface area (Å²) in [5, 5.41) is 17.2. The molecule has 0 aliphatic rings. The van der Waals surface area contributed by atoms with E-state index in [1.165, 1.54) is 25.4 Å². The Morgan fingerprint density at radius 2 is 2.44 bits per heavy atom. The first kappa shape index (κ1) is 11.5. The van der Waals surface area contributed by atoms with Crippen molar-refractivity contribution in [3.8, 4) is 6.07 Å². The van der Waals surface area contributed by atoms with Crippen LogP contribution in [0.2, 0.25) is 0 Å². The zero-order chi connectivity index (χ0) is 12.0. The van der Waals surface area contributed by atoms with Crippen molar-refractivity contribution in [1.29, 1.82) is 5.26 Å². The first-order valence-corrected chi connectivity index (χ1v) is 4.41. The number of hydrazine groups is 1. The average molecular weight is 218 g/mol. The van der Waals surface area contributed by atoms with Crippen molar-refractivity contribution in [3.05, 3.63) is 35.7 Å². The lowest BCUT2D eigenvalue weighted by molar-refractivity contribution is -0.132. The van der Waals surface area contributed by atoms with E-state index in [-0.39, 0.29) is 5.57 Å². The summed E-state index contributed by atoms with van der Waals surface area (Å²) in [4.78, 5) is 14.4. The molecule has 0 aliphatic heterocycles. The molecule has 6 nitrogen and oxygen atoms in total. The average Bonchev–Trinajstić information content (AvgIpc) is 2.29. The Morgan fingerprint density at radius 3 is 3.06 bits per heavy atom. The third kappa shape index (κ3) is 3.31. The van der Waals surface area contributed by atoms with Gasteiger partial charge in [0.1, 0.15) is 5.82 Å². The predicted octanol–water partition coefficient (Wildman–Crippen LogP) is 0.858. The first-order valence-electron chi connectivity index (χ1n) is 4.41. The minimum absolute atomic E-state index is 0.156. The van der Waals surface area contributed by atoms with Gasteiger partial charge in [-0.1, -0.05) is 0 Å². The number of nitrogens with zero attached hydrogens (tertiary/aromatic N) is 2. The van der Waals surface area contributed by atoms with Crippen LogP contribution in [-0.4, -0.2) is 16.1 Å². The third-order valence-corrected chi connectivity index (χ3v) is 1.72. The predicted molar refractivity (Wildman–Crippen MR) is 57.1 cm³/mol. The van der Waals surface area contributed by atoms with Gasteiger partial charge in [0.15, 0.2) is 0 Å². The Bertz CT molecular complexity index is 462. The number of rotatable bonds is 4. The van der Waals surface area contributed by atoms with Crippen molar-refractivity contribution in [1.82, 2.24) is 10.4 Å². The fourth-order valence-corrected chi connectivity index (χ4v) is 0.848. The van der Waals surface area contributed by atoms with Gasteiger partial charge in [-0.3, -0.25) is 5.43 Å². The molecule has 3 N–H and O–H groups in total. The topological polar surface area (TPSA) is 98.0 Å². The van der Waals surface area contributed by atoms with Crippen LogP contribution in [0.25, 0.3) is 0 Å². The highest BCUT2D eigenvalue weighted by Crippen LogP contribution is 2.03. The number of carbonyl (C=O) groups is 1. The van der Waals surface area contributed by atoms with Crippen LogP contribution in [0.5, 0.6) is 0 Å². The summed E-state index contributed by atoms with van der Waals surface area (Å²) in [5.41, 5.74) is 5.85. The van der Waals surface area contributed by atoms with Crippen LogP contribution in [0.3, 0.4) is 0 Å². The number of nitrogens with one attached hydrogen (secondary N) is 2. The van der Waals surface area contributed by atoms with E-state index in [4.69, 9.17) is 10.4 Å². The molecule has 0 radical (unpaired) electrons. The zero-order valence-electron chi connectivity index (χ0n) is 8.56. The molecule has 0 aromatic carbocycles. The zero-order valence-corrected chi connectivity index (χ0v) is 8.56. The number of hydrogen-bond acceptors (Lipinski definition) is 5. The third-order valence-electron chi connectivity index (χ3n) is 1.72. The number of carboxylic acids is 1. The molecule has 1 rings (SSSR count). The minimum Gasteiger partial charge on any atom is -0.478 e. The normalized spacial score (nSPS) is 10.4. The van der Waals surface area contributed by atoms with Gasteiger partial charge in [-0.15, -0.1) is 0 Å². The maximum absolute atomic E-state index is 10.4. The second-order valence-electron chi connectivity index (χ2n) is 2.94. The van der Waals surface area contributed by atoms with Crippen LogP contribution >= 0.6 is 0 Å². The molecule has 0 bridgehead atoms. The number of nitriles is 1. The SMILES string of the molecule is C/C(=C\NNc1cc(C#N)ccn1)C(=O)O. The van der Waals surface area contributed by atoms with E-state index >= 15 is 0 Å². The van der Waals surface area contributed by atoms with E-state index in [0.717, 1.165) is 0 Å². The summed E-state index contributed by atoms with van der Waals surface area (Å²) in [6, 6.07) is 5.08. The van der Waals surface area contributed by atoms with E-state index in [2.05, 4.69) is 15.8 Å². The van der Waals surface area contributed by atoms with Crippen molar-refractivity contribution in [2.45, 2.75) is 6.92 Å². The Balaban J connectivity index is 2.59. The highest BCUT2D eigenvalue weighted by Gasteiger charge is 1.98. The van der Waals surface area contributed by atoms with Crippen molar-refractivity contribution >= 4 is 11.8 Å². The molecular weight excluding hydrogens is 208 g/mol. The summed E-state index contributed by atoms with van der Waals surface area (Å²) in [6.45, 7) is 1.45. The van der Waals surface area contributed by atoms with Crippen molar-refractivity contribution in [3.63, 3.8) is 0 Å². The lowest BCUT2D eigenvalue weighted by Crippen LogP contribution is -2.17. The lowest BCUT2D eigenvalue weighted by Gasteiger charge is -2.04. The summed E-state index contributed by atoms with van der Waals surface area (Å²) >= 11 is 0. The molecule has 0 fully saturated rings. The van der Waals surface area contributed by atoms with Crippen molar-refractivity contribution < 1.29 is 9.90 Å². The van der Waals surface area contributed by atoms with Gasteiger partial charge < -0.3 is 10.5 Å². The molecule has 1 aromatic rings. The van der Waals surface area contributed by atoms with Crippen LogP contribution < -0.4 is 10.9 Å². The summed E-state index contributed by atoms with van der Waals surface area (Å²) in [5.74, 6) is -0.568. The Labute approximate surface area is 92.2 Å². The largest absolute Gasteiger partial charge is 0.478 e. The quantitative estimate of drug-likeness (QED) is 0.512. The molecule has 0 unspecified atom stereocenters. The molecule has 0 saturated carbocycles. The standard InChI is InChI=1S/C10H10N4O2/c1-7(10(15)16)6-13-14-9-4-8(5-11)2-3-12-9/h2-4,6,13H,1H3,(H,12,14)(H,15,16)/b7-6+. The van der Waals surface area contributed by atoms with Crippen LogP contribution in [0.1, 0.15) is 12.5 Å². The fourth-order valence-electron chi connectivity index (χ4n) is 0.848. The summed E-state index contributed by atoms with van der Waals surface area (Å²) < 4.78 is 0. The Morgan fingerprint density at radius 1 is 1.69 bits per heavy atom. The van der Waals surface area contributed by atoms with Gasteiger partial charge in [-0.2, -0.15) is 5.26 Å². The van der Waals surface area contributed by atoms with E-state index in [1.807, 2.05) is 6.07 Å². The number of anilines is 1. The number of hydrogen-bond donors (Lipinski definition) is 3. The Hall–Kier alpha value is -2.55. The molecule has 6 heteroatoms. The van der Waals surface area contributed by atoms with Gasteiger partial charge in [0.05, 0.1) is 17.2 Å². The fraction of sp³-hybridized carbons (Fsp3) is 0.100. The van der Waals surface area contributed by atoms with Crippen molar-refractivity contribution in [2.75, 3.05) is 5.43 Å². The second-order valence-corrected chi connectivity index (χ2v) is 2.94. The number of aliphatic carboxylic acids is 1. The molecule has 1 heterocycles. The summed E-state index contributed by atoms with van der Waals surface area (Å²) in [6.07, 6.45) is 2.78. The lowest BCUT2D eigenvalue weighted by atomic mass is 10.3. The van der Waals surface area contributed by atoms with E-state index in [0.29, 0.717) is 11.4 Å². The molecule has 0 atom stereocenters. The molecular formula is C10H10N4O2. The van der Waals surface area contributed by atoms with Gasteiger partial charge in [0.2, 0.25) is 0 Å². The van der Waals surface area contributed by atoms with E-state index in [1.54, 1.807) is 6.07 Å². The highest BCUT2D eigenvalue weighted by molar-refractivity contribution is 5.85. The monoisotopic (exact) mass is 218 g/mol. The van der Waals surface area contributed by atoms with Gasteiger partial charge in [0.25, 0.3) is 0 Å². The number of aromatic nitrogens is 1. The molecule has 1 aromatic heterocycles. The molecule has 0 aliphatic carbocycles. The van der Waals surface area contributed by atoms with Crippen LogP contribution in [0.4, 0.5) is 5.82 Å². The number of carboxylic acid groups (broad SMARTS) is 1. The minimum atomic E-state index is -1.01. The van der Waals surface area contributed by atoms with Crippen LogP contribution in [0.15, 0.2) is 30.1 Å². The first-order chi connectivity index (χ1) is 7.63. The highest BCUT2D eigenvalue weighted by atomic mass is 16.4. The molecule has 0 amide bonds. The van der Waals surface area contributed by atoms with Crippen LogP contribution in [0, 0.1) is 11.3 Å². The second kappa shape index (κ2) is 5.36. The maximum Gasteiger partial charge on any atom is 0.332 e. The van der Waals surface area contributed by atoms with E-state index < -0.39 is 5.97 Å². The van der Waals surface area contributed by atoms with Gasteiger partial charge in [-0.05, 0) is 19.1 Å². The van der Waals surface area contributed by atoms with E-state index in [9.17, 15) is 4.79 Å². The van der Waals surface area contributed by atoms with Crippen LogP contribution in [-0.2, 0) is 4.79 Å². The van der Waals surface area contributed by atoms with Crippen molar-refractivity contribution in [2.24, 2.45) is 0 Å².